The number of rotatable bonds is 8. The van der Waals surface area contributed by atoms with Crippen molar-refractivity contribution in [1.29, 1.82) is 0 Å². The highest BCUT2D eigenvalue weighted by Gasteiger charge is 2.37. The third kappa shape index (κ3) is 6.53. The van der Waals surface area contributed by atoms with Gasteiger partial charge in [-0.2, -0.15) is 0 Å². The zero-order chi connectivity index (χ0) is 35.7. The second-order valence-corrected chi connectivity index (χ2v) is 15.4. The molecule has 0 aromatic heterocycles. The maximum absolute atomic E-state index is 2.47. The molecule has 7 aromatic rings. The molecule has 0 saturated heterocycles. The van der Waals surface area contributed by atoms with E-state index in [-0.39, 0.29) is 10.8 Å². The summed E-state index contributed by atoms with van der Waals surface area (Å²) in [6.45, 7) is 9.62. The molecule has 0 N–H and O–H groups in total. The highest BCUT2D eigenvalue weighted by atomic mass is 15.1. The van der Waals surface area contributed by atoms with Crippen LogP contribution in [0.5, 0.6) is 0 Å². The molecule has 52 heavy (non-hydrogen) atoms. The number of hydrogen-bond acceptors (Lipinski definition) is 2. The maximum atomic E-state index is 2.47. The van der Waals surface area contributed by atoms with E-state index in [2.05, 4.69) is 219 Å². The fourth-order valence-electron chi connectivity index (χ4n) is 7.87. The smallest absolute Gasteiger partial charge is 0.0467 e. The average Bonchev–Trinajstić information content (AvgIpc) is 3.19. The Labute approximate surface area is 309 Å². The zero-order valence-corrected chi connectivity index (χ0v) is 30.6. The molecule has 1 aliphatic rings. The number of fused-ring (bicyclic) bond motifs is 1. The van der Waals surface area contributed by atoms with Crippen LogP contribution >= 0.6 is 0 Å². The average molecular weight is 675 g/mol. The lowest BCUT2D eigenvalue weighted by atomic mass is 9.63. The summed E-state index contributed by atoms with van der Waals surface area (Å²) in [7, 11) is 0. The monoisotopic (exact) mass is 674 g/mol. The third-order valence-electron chi connectivity index (χ3n) is 10.9. The summed E-state index contributed by atoms with van der Waals surface area (Å²) < 4.78 is 0. The second-order valence-electron chi connectivity index (χ2n) is 15.4. The molecule has 1 aliphatic carbocycles. The second kappa shape index (κ2) is 13.7. The van der Waals surface area contributed by atoms with Gasteiger partial charge in [-0.1, -0.05) is 137 Å². The molecule has 0 fully saturated rings. The molecule has 256 valence electrons. The number of nitrogens with zero attached hydrogens (tertiary/aromatic N) is 2. The van der Waals surface area contributed by atoms with Crippen molar-refractivity contribution in [3.63, 3.8) is 0 Å². The lowest BCUT2D eigenvalue weighted by Crippen LogP contribution is -2.34. The van der Waals surface area contributed by atoms with Crippen molar-refractivity contribution in [3.8, 4) is 22.3 Å². The Morgan fingerprint density at radius 3 is 1.13 bits per heavy atom. The van der Waals surface area contributed by atoms with Gasteiger partial charge < -0.3 is 9.80 Å². The van der Waals surface area contributed by atoms with Crippen molar-refractivity contribution in [2.75, 3.05) is 9.80 Å². The number of para-hydroxylation sites is 2. The highest BCUT2D eigenvalue weighted by molar-refractivity contribution is 5.84. The van der Waals surface area contributed by atoms with Gasteiger partial charge in [-0.3, -0.25) is 0 Å². The van der Waals surface area contributed by atoms with E-state index >= 15 is 0 Å². The largest absolute Gasteiger partial charge is 0.310 e. The molecular formula is C50H46N2. The van der Waals surface area contributed by atoms with E-state index in [1.165, 1.54) is 51.9 Å². The summed E-state index contributed by atoms with van der Waals surface area (Å²) in [5.74, 6) is 0. The van der Waals surface area contributed by atoms with Gasteiger partial charge in [0.05, 0.1) is 0 Å². The van der Waals surface area contributed by atoms with Crippen LogP contribution in [-0.2, 0) is 10.8 Å². The summed E-state index contributed by atoms with van der Waals surface area (Å²) in [6.07, 6.45) is 2.37. The van der Waals surface area contributed by atoms with Crippen molar-refractivity contribution in [2.24, 2.45) is 0 Å². The fourth-order valence-corrected chi connectivity index (χ4v) is 7.87. The van der Waals surface area contributed by atoms with E-state index in [9.17, 15) is 0 Å². The van der Waals surface area contributed by atoms with Crippen molar-refractivity contribution < 1.29 is 0 Å². The van der Waals surface area contributed by atoms with Crippen LogP contribution in [0, 0.1) is 0 Å². The number of benzene rings is 7. The quantitative estimate of drug-likeness (QED) is 0.158. The van der Waals surface area contributed by atoms with Crippen molar-refractivity contribution in [3.05, 3.63) is 193 Å². The van der Waals surface area contributed by atoms with Crippen LogP contribution in [0.4, 0.5) is 34.1 Å². The van der Waals surface area contributed by atoms with Crippen molar-refractivity contribution >= 4 is 34.1 Å². The summed E-state index contributed by atoms with van der Waals surface area (Å²) in [6, 6.07) is 66.0. The topological polar surface area (TPSA) is 6.48 Å². The first-order valence-corrected chi connectivity index (χ1v) is 18.5. The molecule has 0 bridgehead atoms. The van der Waals surface area contributed by atoms with Gasteiger partial charge in [0.2, 0.25) is 0 Å². The summed E-state index contributed by atoms with van der Waals surface area (Å²) >= 11 is 0. The Kier molecular flexibility index (Phi) is 8.77. The number of hydrogen-bond donors (Lipinski definition) is 0. The van der Waals surface area contributed by atoms with Crippen LogP contribution < -0.4 is 9.80 Å². The number of anilines is 6. The molecular weight excluding hydrogens is 629 g/mol. The Balaban J connectivity index is 1.26. The van der Waals surface area contributed by atoms with Gasteiger partial charge in [-0.25, -0.2) is 0 Å². The van der Waals surface area contributed by atoms with Gasteiger partial charge in [0.15, 0.2) is 0 Å². The van der Waals surface area contributed by atoms with Gasteiger partial charge in [-0.15, -0.1) is 0 Å². The standard InChI is InChI=1S/C50H46N2/c1-49(2)31-32-50(3,4)48-36-46(29-30-47(48)49)52(44-27-14-19-38(33-44)37-17-8-5-9-18-37)45-28-16-21-40(35-45)39-20-15-26-43(34-39)51(41-22-10-6-11-23-41)42-24-12-7-13-25-42/h5-30,33-36H,31-32H2,1-4H3. The molecule has 0 aliphatic heterocycles. The van der Waals surface area contributed by atoms with Crippen LogP contribution in [0.15, 0.2) is 182 Å². The van der Waals surface area contributed by atoms with E-state index in [1.807, 2.05) is 0 Å². The predicted octanol–water partition coefficient (Wildman–Crippen LogP) is 14.3. The SMILES string of the molecule is CC1(C)CCC(C)(C)c2cc(N(c3cccc(-c4ccccc4)c3)c3cccc(-c4cccc(N(c5ccccc5)c5ccccc5)c4)c3)ccc21. The lowest BCUT2D eigenvalue weighted by Gasteiger charge is -2.42. The molecule has 2 nitrogen and oxygen atoms in total. The molecule has 0 heterocycles. The molecule has 0 unspecified atom stereocenters. The van der Waals surface area contributed by atoms with Gasteiger partial charge in [-0.05, 0) is 130 Å². The maximum Gasteiger partial charge on any atom is 0.0467 e. The van der Waals surface area contributed by atoms with Crippen LogP contribution in [-0.4, -0.2) is 0 Å². The van der Waals surface area contributed by atoms with E-state index in [0.29, 0.717) is 0 Å². The third-order valence-corrected chi connectivity index (χ3v) is 10.9. The van der Waals surface area contributed by atoms with Crippen LogP contribution in [0.1, 0.15) is 51.7 Å². The van der Waals surface area contributed by atoms with Crippen LogP contribution in [0.2, 0.25) is 0 Å². The van der Waals surface area contributed by atoms with Gasteiger partial charge in [0, 0.05) is 34.1 Å². The molecule has 0 amide bonds. The summed E-state index contributed by atoms with van der Waals surface area (Å²) in [4.78, 5) is 4.77. The van der Waals surface area contributed by atoms with Gasteiger partial charge in [0.1, 0.15) is 0 Å². The van der Waals surface area contributed by atoms with E-state index in [0.717, 1.165) is 28.4 Å². The minimum absolute atomic E-state index is 0.101. The van der Waals surface area contributed by atoms with Gasteiger partial charge >= 0.3 is 0 Å². The fraction of sp³-hybridized carbons (Fsp3) is 0.160. The van der Waals surface area contributed by atoms with E-state index < -0.39 is 0 Å². The molecule has 2 heteroatoms. The summed E-state index contributed by atoms with van der Waals surface area (Å²) in [5.41, 5.74) is 14.8. The molecule has 7 aromatic carbocycles. The molecule has 0 atom stereocenters. The van der Waals surface area contributed by atoms with Crippen molar-refractivity contribution in [1.82, 2.24) is 0 Å². The lowest BCUT2D eigenvalue weighted by molar-refractivity contribution is 0.332. The molecule has 0 saturated carbocycles. The molecule has 0 radical (unpaired) electrons. The Morgan fingerprint density at radius 2 is 0.654 bits per heavy atom. The normalized spacial score (nSPS) is 14.3. The van der Waals surface area contributed by atoms with Crippen LogP contribution in [0.25, 0.3) is 22.3 Å². The van der Waals surface area contributed by atoms with Crippen LogP contribution in [0.3, 0.4) is 0 Å². The molecule has 0 spiro atoms. The highest BCUT2D eigenvalue weighted by Crippen LogP contribution is 2.48. The minimum Gasteiger partial charge on any atom is -0.310 e. The van der Waals surface area contributed by atoms with Crippen molar-refractivity contribution in [2.45, 2.75) is 51.4 Å². The van der Waals surface area contributed by atoms with Gasteiger partial charge in [0.25, 0.3) is 0 Å². The Morgan fingerprint density at radius 1 is 0.308 bits per heavy atom. The first kappa shape index (κ1) is 33.3. The zero-order valence-electron chi connectivity index (χ0n) is 30.6. The van der Waals surface area contributed by atoms with E-state index in [1.54, 1.807) is 0 Å². The molecule has 8 rings (SSSR count). The summed E-state index contributed by atoms with van der Waals surface area (Å²) in [5, 5.41) is 0. The van der Waals surface area contributed by atoms with E-state index in [4.69, 9.17) is 0 Å². The Hall–Kier alpha value is -5.86. The minimum atomic E-state index is 0.101. The first-order valence-electron chi connectivity index (χ1n) is 18.5. The Bertz CT molecular complexity index is 2270. The predicted molar refractivity (Wildman–Crippen MR) is 222 cm³/mol. The first-order chi connectivity index (χ1) is 25.3.